The molecule has 2 fully saturated rings. The van der Waals surface area contributed by atoms with Crippen molar-refractivity contribution in [2.24, 2.45) is 11.8 Å². The van der Waals surface area contributed by atoms with E-state index in [4.69, 9.17) is 4.74 Å². The van der Waals surface area contributed by atoms with Gasteiger partial charge in [0.25, 0.3) is 0 Å². The zero-order valence-electron chi connectivity index (χ0n) is 14.8. The van der Waals surface area contributed by atoms with Crippen molar-refractivity contribution in [2.45, 2.75) is 51.2 Å². The molecule has 0 aromatic carbocycles. The summed E-state index contributed by atoms with van der Waals surface area (Å²) in [5.41, 5.74) is -0.558. The van der Waals surface area contributed by atoms with E-state index in [1.807, 2.05) is 16.9 Å². The van der Waals surface area contributed by atoms with E-state index >= 15 is 0 Å². The molecule has 2 saturated heterocycles. The first kappa shape index (κ1) is 17.4. The van der Waals surface area contributed by atoms with Gasteiger partial charge in [0, 0.05) is 31.5 Å². The largest absolute Gasteiger partial charge is 0.378 e. The highest BCUT2D eigenvalue weighted by atomic mass is 16.5. The van der Waals surface area contributed by atoms with Gasteiger partial charge in [-0.3, -0.25) is 9.48 Å². The summed E-state index contributed by atoms with van der Waals surface area (Å²) in [6.45, 7) is 7.61. The molecule has 1 aromatic rings. The maximum Gasteiger partial charge on any atom is 0.248 e. The third-order valence-corrected chi connectivity index (χ3v) is 5.47. The van der Waals surface area contributed by atoms with E-state index in [1.54, 1.807) is 6.20 Å². The molecule has 2 N–H and O–H groups in total. The second-order valence-corrected chi connectivity index (χ2v) is 7.42. The van der Waals surface area contributed by atoms with Crippen LogP contribution in [-0.2, 0) is 15.1 Å². The third-order valence-electron chi connectivity index (χ3n) is 5.47. The predicted octanol–water partition coefficient (Wildman–Crippen LogP) is 1.53. The van der Waals surface area contributed by atoms with Gasteiger partial charge in [-0.25, -0.2) is 0 Å². The molecule has 0 radical (unpaired) electrons. The summed E-state index contributed by atoms with van der Waals surface area (Å²) in [5, 5.41) is 10.9. The van der Waals surface area contributed by atoms with Gasteiger partial charge in [0.2, 0.25) is 5.91 Å². The van der Waals surface area contributed by atoms with E-state index in [9.17, 15) is 4.79 Å². The Balaban J connectivity index is 1.68. The van der Waals surface area contributed by atoms with Gasteiger partial charge < -0.3 is 15.4 Å². The number of ether oxygens (including phenoxy) is 1. The van der Waals surface area contributed by atoms with Gasteiger partial charge in [0.05, 0.1) is 6.10 Å². The Bertz CT molecular complexity index is 523. The highest BCUT2D eigenvalue weighted by molar-refractivity contribution is 5.84. The molecule has 2 atom stereocenters. The van der Waals surface area contributed by atoms with Crippen LogP contribution in [0, 0.1) is 11.8 Å². The monoisotopic (exact) mass is 334 g/mol. The van der Waals surface area contributed by atoms with E-state index in [0.717, 1.165) is 45.4 Å². The molecule has 6 heteroatoms. The number of carbonyl (C=O) groups excluding carboxylic acids is 1. The SMILES string of the molecule is CC(C)C1OCCCC1CNC(=O)C1(n2cccn2)CCNCC1. The van der Waals surface area contributed by atoms with Gasteiger partial charge in [-0.1, -0.05) is 13.8 Å². The van der Waals surface area contributed by atoms with Crippen molar-refractivity contribution in [3.63, 3.8) is 0 Å². The minimum absolute atomic E-state index is 0.0979. The second-order valence-electron chi connectivity index (χ2n) is 7.42. The minimum Gasteiger partial charge on any atom is -0.378 e. The molecule has 1 aromatic heterocycles. The summed E-state index contributed by atoms with van der Waals surface area (Å²) in [6, 6.07) is 1.89. The van der Waals surface area contributed by atoms with Crippen molar-refractivity contribution in [3.05, 3.63) is 18.5 Å². The molecule has 1 amide bonds. The van der Waals surface area contributed by atoms with E-state index in [0.29, 0.717) is 18.4 Å². The maximum absolute atomic E-state index is 13.1. The van der Waals surface area contributed by atoms with Gasteiger partial charge >= 0.3 is 0 Å². The Morgan fingerprint density at radius 2 is 2.25 bits per heavy atom. The Hall–Kier alpha value is -1.40. The maximum atomic E-state index is 13.1. The lowest BCUT2D eigenvalue weighted by atomic mass is 9.85. The number of aromatic nitrogens is 2. The van der Waals surface area contributed by atoms with Crippen molar-refractivity contribution in [1.29, 1.82) is 0 Å². The van der Waals surface area contributed by atoms with Gasteiger partial charge in [-0.2, -0.15) is 5.10 Å². The van der Waals surface area contributed by atoms with Gasteiger partial charge in [0.1, 0.15) is 5.54 Å². The number of hydrogen-bond donors (Lipinski definition) is 2. The summed E-state index contributed by atoms with van der Waals surface area (Å²) in [4.78, 5) is 13.1. The normalized spacial score (nSPS) is 27.1. The fourth-order valence-electron chi connectivity index (χ4n) is 4.13. The molecule has 2 aliphatic rings. The molecule has 0 spiro atoms. The van der Waals surface area contributed by atoms with Crippen molar-refractivity contribution in [2.75, 3.05) is 26.2 Å². The average molecular weight is 334 g/mol. The predicted molar refractivity (Wildman–Crippen MR) is 92.6 cm³/mol. The van der Waals surface area contributed by atoms with Crippen LogP contribution in [0.4, 0.5) is 0 Å². The van der Waals surface area contributed by atoms with Gasteiger partial charge in [0.15, 0.2) is 0 Å². The highest BCUT2D eigenvalue weighted by Gasteiger charge is 2.42. The minimum atomic E-state index is -0.558. The molecule has 2 unspecified atom stereocenters. The topological polar surface area (TPSA) is 68.2 Å². The average Bonchev–Trinajstić information content (AvgIpc) is 3.15. The molecule has 6 nitrogen and oxygen atoms in total. The van der Waals surface area contributed by atoms with Crippen LogP contribution in [-0.4, -0.2) is 48.0 Å². The molecule has 3 heterocycles. The van der Waals surface area contributed by atoms with E-state index in [1.165, 1.54) is 0 Å². The zero-order valence-corrected chi connectivity index (χ0v) is 14.8. The highest BCUT2D eigenvalue weighted by Crippen LogP contribution is 2.29. The number of nitrogens with one attached hydrogen (secondary N) is 2. The first-order valence-electron chi connectivity index (χ1n) is 9.24. The number of amides is 1. The molecule has 24 heavy (non-hydrogen) atoms. The summed E-state index contributed by atoms with van der Waals surface area (Å²) in [5.74, 6) is 0.978. The van der Waals surface area contributed by atoms with E-state index < -0.39 is 5.54 Å². The molecule has 0 bridgehead atoms. The standard InChI is InChI=1S/C18H30N4O2/c1-14(2)16-15(5-3-12-24-16)13-20-17(23)18(6-9-19-10-7-18)22-11-4-8-21-22/h4,8,11,14-16,19H,3,5-7,9-10,12-13H2,1-2H3,(H,20,23). The molecule has 134 valence electrons. The van der Waals surface area contributed by atoms with Crippen LogP contribution in [0.5, 0.6) is 0 Å². The van der Waals surface area contributed by atoms with Crippen LogP contribution in [0.25, 0.3) is 0 Å². The van der Waals surface area contributed by atoms with Crippen molar-refractivity contribution in [3.8, 4) is 0 Å². The van der Waals surface area contributed by atoms with Crippen LogP contribution >= 0.6 is 0 Å². The quantitative estimate of drug-likeness (QED) is 0.857. The van der Waals surface area contributed by atoms with Crippen LogP contribution in [0.1, 0.15) is 39.5 Å². The lowest BCUT2D eigenvalue weighted by molar-refractivity contribution is -0.133. The van der Waals surface area contributed by atoms with Crippen molar-refractivity contribution >= 4 is 5.91 Å². The molecule has 2 aliphatic heterocycles. The molecular formula is C18H30N4O2. The summed E-state index contributed by atoms with van der Waals surface area (Å²) >= 11 is 0. The molecule has 0 aliphatic carbocycles. The Morgan fingerprint density at radius 1 is 1.46 bits per heavy atom. The third kappa shape index (κ3) is 3.49. The lowest BCUT2D eigenvalue weighted by Crippen LogP contribution is -2.55. The summed E-state index contributed by atoms with van der Waals surface area (Å²) in [7, 11) is 0. The second kappa shape index (κ2) is 7.66. The number of piperidine rings is 1. The number of carbonyl (C=O) groups is 1. The van der Waals surface area contributed by atoms with Crippen LogP contribution < -0.4 is 10.6 Å². The first-order valence-corrected chi connectivity index (χ1v) is 9.24. The van der Waals surface area contributed by atoms with Crippen LogP contribution in [0.3, 0.4) is 0 Å². The summed E-state index contributed by atoms with van der Waals surface area (Å²) < 4.78 is 7.80. The number of nitrogens with zero attached hydrogens (tertiary/aromatic N) is 2. The smallest absolute Gasteiger partial charge is 0.248 e. The Labute approximate surface area is 144 Å². The van der Waals surface area contributed by atoms with E-state index in [2.05, 4.69) is 29.6 Å². The van der Waals surface area contributed by atoms with Crippen molar-refractivity contribution < 1.29 is 9.53 Å². The molecule has 0 saturated carbocycles. The van der Waals surface area contributed by atoms with Crippen LogP contribution in [0.2, 0.25) is 0 Å². The first-order chi connectivity index (χ1) is 11.6. The van der Waals surface area contributed by atoms with Gasteiger partial charge in [-0.05, 0) is 50.8 Å². The number of rotatable bonds is 5. The Morgan fingerprint density at radius 3 is 2.92 bits per heavy atom. The van der Waals surface area contributed by atoms with Crippen molar-refractivity contribution in [1.82, 2.24) is 20.4 Å². The van der Waals surface area contributed by atoms with Crippen LogP contribution in [0.15, 0.2) is 18.5 Å². The fraction of sp³-hybridized carbons (Fsp3) is 0.778. The van der Waals surface area contributed by atoms with Gasteiger partial charge in [-0.15, -0.1) is 0 Å². The zero-order chi connectivity index (χ0) is 17.0. The Kier molecular flexibility index (Phi) is 5.56. The summed E-state index contributed by atoms with van der Waals surface area (Å²) in [6.07, 6.45) is 7.65. The number of hydrogen-bond acceptors (Lipinski definition) is 4. The molecule has 3 rings (SSSR count). The fourth-order valence-corrected chi connectivity index (χ4v) is 4.13. The lowest BCUT2D eigenvalue weighted by Gasteiger charge is -2.38. The molecular weight excluding hydrogens is 304 g/mol. The van der Waals surface area contributed by atoms with E-state index in [-0.39, 0.29) is 12.0 Å².